The summed E-state index contributed by atoms with van der Waals surface area (Å²) in [5, 5.41) is 1.13. The van der Waals surface area contributed by atoms with E-state index in [-0.39, 0.29) is 15.7 Å². The number of sulfonamides is 1. The smallest absolute Gasteiger partial charge is 0.263 e. The number of hydrogen-bond donors (Lipinski definition) is 1. The predicted octanol–water partition coefficient (Wildman–Crippen LogP) is 3.35. The molecular weight excluding hydrogens is 363 g/mol. The normalized spacial score (nSPS) is 19.1. The highest BCUT2D eigenvalue weighted by atomic mass is 32.2. The standard InChI is InChI=1S/C14H12F3N3O2S2/c1-2-9(13-19-11(7-23-13)14(15,16)17)18-12-8-5-3-4-6-10(8)24(21,22)20-12/h3-7,9H,2H2,1H3,(H,18,20). The van der Waals surface area contributed by atoms with Crippen LogP contribution < -0.4 is 4.72 Å². The lowest BCUT2D eigenvalue weighted by Crippen LogP contribution is -2.23. The predicted molar refractivity (Wildman–Crippen MR) is 83.4 cm³/mol. The summed E-state index contributed by atoms with van der Waals surface area (Å²) in [6, 6.07) is 5.65. The average Bonchev–Trinajstić information content (AvgIpc) is 3.09. The topological polar surface area (TPSA) is 71.4 Å². The molecule has 1 N–H and O–H groups in total. The average molecular weight is 375 g/mol. The van der Waals surface area contributed by atoms with Crippen LogP contribution in [-0.2, 0) is 16.2 Å². The number of alkyl halides is 3. The first-order valence-electron chi connectivity index (χ1n) is 6.95. The Hall–Kier alpha value is -1.94. The molecule has 0 amide bonds. The van der Waals surface area contributed by atoms with E-state index in [0.29, 0.717) is 12.0 Å². The summed E-state index contributed by atoms with van der Waals surface area (Å²) >= 11 is 0.858. The molecule has 2 heterocycles. The molecule has 1 unspecified atom stereocenters. The van der Waals surface area contributed by atoms with Crippen molar-refractivity contribution in [1.29, 1.82) is 0 Å². The number of nitrogens with one attached hydrogen (secondary N) is 1. The van der Waals surface area contributed by atoms with Crippen LogP contribution in [0.15, 0.2) is 39.5 Å². The van der Waals surface area contributed by atoms with Crippen LogP contribution in [-0.4, -0.2) is 19.2 Å². The second-order valence-electron chi connectivity index (χ2n) is 5.07. The first-order chi connectivity index (χ1) is 11.2. The van der Waals surface area contributed by atoms with Crippen LogP contribution >= 0.6 is 11.3 Å². The molecule has 1 aliphatic heterocycles. The number of fused-ring (bicyclic) bond motifs is 1. The third-order valence-electron chi connectivity index (χ3n) is 3.43. The zero-order valence-corrected chi connectivity index (χ0v) is 14.0. The Balaban J connectivity index is 1.99. The molecule has 1 aromatic carbocycles. The Kier molecular flexibility index (Phi) is 4.12. The van der Waals surface area contributed by atoms with Crippen molar-refractivity contribution in [3.05, 3.63) is 45.9 Å². The van der Waals surface area contributed by atoms with E-state index in [2.05, 4.69) is 14.7 Å². The first kappa shape index (κ1) is 16.9. The highest BCUT2D eigenvalue weighted by molar-refractivity contribution is 7.90. The van der Waals surface area contributed by atoms with E-state index in [9.17, 15) is 21.6 Å². The van der Waals surface area contributed by atoms with Crippen LogP contribution in [0.4, 0.5) is 13.2 Å². The maximum Gasteiger partial charge on any atom is 0.434 e. The van der Waals surface area contributed by atoms with Crippen LogP contribution in [0.3, 0.4) is 0 Å². The van der Waals surface area contributed by atoms with Crippen molar-refractivity contribution < 1.29 is 21.6 Å². The van der Waals surface area contributed by atoms with Crippen molar-refractivity contribution in [2.75, 3.05) is 0 Å². The Bertz CT molecular complexity index is 904. The van der Waals surface area contributed by atoms with E-state index in [1.807, 2.05) is 0 Å². The van der Waals surface area contributed by atoms with Gasteiger partial charge in [0.15, 0.2) is 5.69 Å². The van der Waals surface area contributed by atoms with Crippen molar-refractivity contribution >= 4 is 27.2 Å². The minimum atomic E-state index is -4.51. The number of nitrogens with zero attached hydrogens (tertiary/aromatic N) is 2. The minimum Gasteiger partial charge on any atom is -0.263 e. The van der Waals surface area contributed by atoms with Crippen molar-refractivity contribution in [3.8, 4) is 0 Å². The number of halogens is 3. The van der Waals surface area contributed by atoms with Gasteiger partial charge in [-0.15, -0.1) is 11.3 Å². The van der Waals surface area contributed by atoms with E-state index in [0.717, 1.165) is 16.7 Å². The molecule has 0 bridgehead atoms. The van der Waals surface area contributed by atoms with E-state index in [1.54, 1.807) is 25.1 Å². The summed E-state index contributed by atoms with van der Waals surface area (Å²) in [6.07, 6.45) is -4.13. The van der Waals surface area contributed by atoms with Crippen molar-refractivity contribution in [2.45, 2.75) is 30.5 Å². The van der Waals surface area contributed by atoms with E-state index in [1.165, 1.54) is 6.07 Å². The lowest BCUT2D eigenvalue weighted by molar-refractivity contribution is -0.140. The number of amidine groups is 1. The van der Waals surface area contributed by atoms with Crippen LogP contribution in [0, 0.1) is 0 Å². The van der Waals surface area contributed by atoms with Gasteiger partial charge in [0.2, 0.25) is 0 Å². The van der Waals surface area contributed by atoms with Gasteiger partial charge in [0.25, 0.3) is 10.0 Å². The SMILES string of the molecule is CCC(N=C1NS(=O)(=O)c2ccccc21)c1nc(C(F)(F)F)cs1. The molecule has 1 aliphatic rings. The molecule has 5 nitrogen and oxygen atoms in total. The monoisotopic (exact) mass is 375 g/mol. The highest BCUT2D eigenvalue weighted by Crippen LogP contribution is 2.34. The molecule has 128 valence electrons. The fourth-order valence-electron chi connectivity index (χ4n) is 2.28. The maximum atomic E-state index is 12.7. The van der Waals surface area contributed by atoms with Crippen molar-refractivity contribution in [1.82, 2.24) is 9.71 Å². The molecule has 10 heteroatoms. The number of benzene rings is 1. The van der Waals surface area contributed by atoms with E-state index in [4.69, 9.17) is 0 Å². The Morgan fingerprint density at radius 3 is 2.67 bits per heavy atom. The number of aromatic nitrogens is 1. The first-order valence-corrected chi connectivity index (χ1v) is 9.31. The quantitative estimate of drug-likeness (QED) is 0.894. The molecule has 1 aromatic heterocycles. The summed E-state index contributed by atoms with van der Waals surface area (Å²) in [7, 11) is -3.69. The molecule has 1 atom stereocenters. The largest absolute Gasteiger partial charge is 0.434 e. The number of rotatable bonds is 3. The molecule has 0 spiro atoms. The van der Waals surface area contributed by atoms with Crippen LogP contribution in [0.2, 0.25) is 0 Å². The van der Waals surface area contributed by atoms with Crippen LogP contribution in [0.25, 0.3) is 0 Å². The Morgan fingerprint density at radius 1 is 1.33 bits per heavy atom. The van der Waals surface area contributed by atoms with Gasteiger partial charge in [-0.3, -0.25) is 9.71 Å². The molecule has 24 heavy (non-hydrogen) atoms. The fourth-order valence-corrected chi connectivity index (χ4v) is 4.46. The van der Waals surface area contributed by atoms with Gasteiger partial charge >= 0.3 is 6.18 Å². The summed E-state index contributed by atoms with van der Waals surface area (Å²) in [5.41, 5.74) is -0.558. The third kappa shape index (κ3) is 3.03. The second-order valence-corrected chi connectivity index (χ2v) is 7.61. The van der Waals surface area contributed by atoms with Gasteiger partial charge in [0.1, 0.15) is 16.9 Å². The summed E-state index contributed by atoms with van der Waals surface area (Å²) in [6.45, 7) is 1.75. The van der Waals surface area contributed by atoms with Crippen LogP contribution in [0.1, 0.15) is 35.7 Å². The zero-order chi connectivity index (χ0) is 17.5. The zero-order valence-electron chi connectivity index (χ0n) is 12.3. The summed E-state index contributed by atoms with van der Waals surface area (Å²) in [4.78, 5) is 8.01. The lowest BCUT2D eigenvalue weighted by atomic mass is 10.2. The highest BCUT2D eigenvalue weighted by Gasteiger charge is 2.35. The van der Waals surface area contributed by atoms with E-state index < -0.39 is 27.9 Å². The summed E-state index contributed by atoms with van der Waals surface area (Å²) in [5.74, 6) is 0.126. The van der Waals surface area contributed by atoms with Gasteiger partial charge in [0.05, 0.1) is 4.90 Å². The molecule has 3 rings (SSSR count). The fraction of sp³-hybridized carbons (Fsp3) is 0.286. The van der Waals surface area contributed by atoms with Crippen molar-refractivity contribution in [2.24, 2.45) is 4.99 Å². The molecule has 0 radical (unpaired) electrons. The Labute approximate surface area is 140 Å². The number of aliphatic imine (C=N–C) groups is 1. The van der Waals surface area contributed by atoms with Gasteiger partial charge in [-0.05, 0) is 18.6 Å². The minimum absolute atomic E-state index is 0.105. The van der Waals surface area contributed by atoms with Gasteiger partial charge in [-0.2, -0.15) is 13.2 Å². The third-order valence-corrected chi connectivity index (χ3v) is 5.77. The second kappa shape index (κ2) is 5.85. The van der Waals surface area contributed by atoms with E-state index >= 15 is 0 Å². The van der Waals surface area contributed by atoms with Gasteiger partial charge in [-0.25, -0.2) is 13.4 Å². The molecule has 2 aromatic rings. The lowest BCUT2D eigenvalue weighted by Gasteiger charge is -2.08. The molecular formula is C14H12F3N3O2S2. The van der Waals surface area contributed by atoms with Crippen molar-refractivity contribution in [3.63, 3.8) is 0 Å². The molecule has 0 saturated carbocycles. The molecule has 0 aliphatic carbocycles. The Morgan fingerprint density at radius 2 is 2.04 bits per heavy atom. The molecule has 0 fully saturated rings. The van der Waals surface area contributed by atoms with Gasteiger partial charge in [-0.1, -0.05) is 19.1 Å². The maximum absolute atomic E-state index is 12.7. The van der Waals surface area contributed by atoms with Gasteiger partial charge in [0, 0.05) is 10.9 Å². The summed E-state index contributed by atoms with van der Waals surface area (Å²) < 4.78 is 64.5. The molecule has 0 saturated heterocycles. The van der Waals surface area contributed by atoms with Crippen LogP contribution in [0.5, 0.6) is 0 Å². The number of hydrogen-bond acceptors (Lipinski definition) is 5. The number of thiazole rings is 1. The van der Waals surface area contributed by atoms with Gasteiger partial charge < -0.3 is 0 Å².